The maximum Gasteiger partial charge on any atom is 0.147 e. The predicted molar refractivity (Wildman–Crippen MR) is 77.5 cm³/mol. The molecule has 0 aliphatic heterocycles. The van der Waals surface area contributed by atoms with E-state index in [1.54, 1.807) is 12.1 Å². The van der Waals surface area contributed by atoms with Crippen LogP contribution in [-0.4, -0.2) is 27.0 Å². The molecule has 0 amide bonds. The van der Waals surface area contributed by atoms with Crippen LogP contribution in [0.4, 0.5) is 0 Å². The smallest absolute Gasteiger partial charge is 0.147 e. The van der Waals surface area contributed by atoms with E-state index in [1.807, 2.05) is 0 Å². The number of halogens is 3. The highest BCUT2D eigenvalue weighted by Crippen LogP contribution is 2.31. The van der Waals surface area contributed by atoms with Crippen LogP contribution in [0.15, 0.2) is 12.1 Å². The molecule has 18 heavy (non-hydrogen) atoms. The molecule has 1 aromatic carbocycles. The molecule has 0 unspecified atom stereocenters. The van der Waals surface area contributed by atoms with Gasteiger partial charge < -0.3 is 5.32 Å². The third-order valence-electron chi connectivity index (χ3n) is 2.31. The Morgan fingerprint density at radius 3 is 2.39 bits per heavy atom. The Balaban J connectivity index is 2.47. The van der Waals surface area contributed by atoms with Crippen LogP contribution in [0, 0.1) is 0 Å². The standard InChI is InChI=1S/C11H14Cl3NO2S/c1-18(16,17)6-2-5-15-7-8-9(12)3-4-10(13)11(8)14/h3-4,15H,2,5-7H2,1H3. The number of hydrogen-bond acceptors (Lipinski definition) is 3. The van der Waals surface area contributed by atoms with E-state index >= 15 is 0 Å². The van der Waals surface area contributed by atoms with Gasteiger partial charge in [0.2, 0.25) is 0 Å². The fourth-order valence-corrected chi connectivity index (χ4v) is 2.75. The summed E-state index contributed by atoms with van der Waals surface area (Å²) in [6, 6.07) is 3.32. The molecular weight excluding hydrogens is 317 g/mol. The monoisotopic (exact) mass is 329 g/mol. The summed E-state index contributed by atoms with van der Waals surface area (Å²) in [5.74, 6) is 0.164. The summed E-state index contributed by atoms with van der Waals surface area (Å²) in [5, 5.41) is 4.52. The summed E-state index contributed by atoms with van der Waals surface area (Å²) in [6.07, 6.45) is 1.77. The number of nitrogens with one attached hydrogen (secondary N) is 1. The Morgan fingerprint density at radius 1 is 1.17 bits per heavy atom. The molecular formula is C11H14Cl3NO2S. The molecule has 0 saturated heterocycles. The molecule has 1 rings (SSSR count). The molecule has 0 heterocycles. The summed E-state index contributed by atoms with van der Waals surface area (Å²) in [6.45, 7) is 1.04. The largest absolute Gasteiger partial charge is 0.313 e. The summed E-state index contributed by atoms with van der Waals surface area (Å²) in [5.41, 5.74) is 0.727. The normalized spacial score (nSPS) is 11.8. The lowest BCUT2D eigenvalue weighted by Gasteiger charge is -2.09. The average Bonchev–Trinajstić information content (AvgIpc) is 2.26. The van der Waals surface area contributed by atoms with Crippen molar-refractivity contribution in [2.24, 2.45) is 0 Å². The zero-order chi connectivity index (χ0) is 13.8. The van der Waals surface area contributed by atoms with Crippen molar-refractivity contribution in [3.8, 4) is 0 Å². The molecule has 1 aromatic rings. The van der Waals surface area contributed by atoms with E-state index in [4.69, 9.17) is 34.8 Å². The highest BCUT2D eigenvalue weighted by molar-refractivity contribution is 7.90. The van der Waals surface area contributed by atoms with Gasteiger partial charge in [-0.1, -0.05) is 34.8 Å². The first-order valence-electron chi connectivity index (χ1n) is 5.32. The maximum absolute atomic E-state index is 10.9. The highest BCUT2D eigenvalue weighted by atomic mass is 35.5. The third-order valence-corrected chi connectivity index (χ3v) is 4.54. The minimum absolute atomic E-state index is 0.164. The van der Waals surface area contributed by atoms with Crippen molar-refractivity contribution in [2.45, 2.75) is 13.0 Å². The Morgan fingerprint density at radius 2 is 1.78 bits per heavy atom. The lowest BCUT2D eigenvalue weighted by atomic mass is 10.2. The number of hydrogen-bond donors (Lipinski definition) is 1. The Kier molecular flexibility index (Phi) is 6.21. The van der Waals surface area contributed by atoms with E-state index in [1.165, 1.54) is 6.26 Å². The quantitative estimate of drug-likeness (QED) is 0.644. The zero-order valence-electron chi connectivity index (χ0n) is 9.84. The molecule has 0 bridgehead atoms. The molecule has 0 spiro atoms. The van der Waals surface area contributed by atoms with Crippen LogP contribution in [0.25, 0.3) is 0 Å². The van der Waals surface area contributed by atoms with Crippen molar-refractivity contribution in [1.29, 1.82) is 0 Å². The van der Waals surface area contributed by atoms with E-state index in [9.17, 15) is 8.42 Å². The molecule has 0 aliphatic carbocycles. The van der Waals surface area contributed by atoms with Crippen molar-refractivity contribution in [3.05, 3.63) is 32.8 Å². The Bertz CT molecular complexity index is 517. The van der Waals surface area contributed by atoms with E-state index in [-0.39, 0.29) is 5.75 Å². The molecule has 0 radical (unpaired) electrons. The lowest BCUT2D eigenvalue weighted by molar-refractivity contribution is 0.594. The third kappa shape index (κ3) is 5.33. The Hall–Kier alpha value is -0.000000000000000167. The second kappa shape index (κ2) is 6.96. The molecule has 102 valence electrons. The van der Waals surface area contributed by atoms with Crippen LogP contribution in [0.2, 0.25) is 15.1 Å². The SMILES string of the molecule is CS(=O)(=O)CCCNCc1c(Cl)ccc(Cl)c1Cl. The summed E-state index contributed by atoms with van der Waals surface area (Å²) in [7, 11) is -2.91. The number of rotatable bonds is 6. The van der Waals surface area contributed by atoms with Crippen LogP contribution >= 0.6 is 34.8 Å². The lowest BCUT2D eigenvalue weighted by Crippen LogP contribution is -2.18. The van der Waals surface area contributed by atoms with Crippen LogP contribution in [0.5, 0.6) is 0 Å². The van der Waals surface area contributed by atoms with Crippen molar-refractivity contribution >= 4 is 44.6 Å². The highest BCUT2D eigenvalue weighted by Gasteiger charge is 2.09. The molecule has 7 heteroatoms. The molecule has 0 fully saturated rings. The second-order valence-electron chi connectivity index (χ2n) is 3.98. The van der Waals surface area contributed by atoms with Gasteiger partial charge in [-0.05, 0) is 25.1 Å². The fourth-order valence-electron chi connectivity index (χ4n) is 1.40. The first-order valence-corrected chi connectivity index (χ1v) is 8.51. The van der Waals surface area contributed by atoms with Crippen molar-refractivity contribution < 1.29 is 8.42 Å². The van der Waals surface area contributed by atoms with Gasteiger partial charge in [-0.25, -0.2) is 8.42 Å². The maximum atomic E-state index is 10.9. The molecule has 0 saturated carbocycles. The van der Waals surface area contributed by atoms with Gasteiger partial charge in [0.05, 0.1) is 15.8 Å². The zero-order valence-corrected chi connectivity index (χ0v) is 12.9. The van der Waals surface area contributed by atoms with Crippen LogP contribution in [-0.2, 0) is 16.4 Å². The van der Waals surface area contributed by atoms with Gasteiger partial charge in [0, 0.05) is 23.4 Å². The van der Waals surface area contributed by atoms with Crippen LogP contribution in [0.3, 0.4) is 0 Å². The van der Waals surface area contributed by atoms with Gasteiger partial charge in [0.15, 0.2) is 0 Å². The number of sulfone groups is 1. The van der Waals surface area contributed by atoms with Gasteiger partial charge in [-0.2, -0.15) is 0 Å². The van der Waals surface area contributed by atoms with Gasteiger partial charge in [0.25, 0.3) is 0 Å². The van der Waals surface area contributed by atoms with E-state index < -0.39 is 9.84 Å². The first kappa shape index (κ1) is 16.1. The molecule has 0 atom stereocenters. The number of benzene rings is 1. The minimum Gasteiger partial charge on any atom is -0.313 e. The molecule has 0 aliphatic rings. The van der Waals surface area contributed by atoms with Gasteiger partial charge in [0.1, 0.15) is 9.84 Å². The predicted octanol–water partition coefficient (Wildman–Crippen LogP) is 3.17. The van der Waals surface area contributed by atoms with Crippen molar-refractivity contribution in [1.82, 2.24) is 5.32 Å². The summed E-state index contributed by atoms with van der Waals surface area (Å²) < 4.78 is 21.9. The van der Waals surface area contributed by atoms with E-state index in [0.29, 0.717) is 34.6 Å². The van der Waals surface area contributed by atoms with Gasteiger partial charge in [-0.3, -0.25) is 0 Å². The Labute approximate surface area is 122 Å². The van der Waals surface area contributed by atoms with Gasteiger partial charge >= 0.3 is 0 Å². The van der Waals surface area contributed by atoms with E-state index in [2.05, 4.69) is 5.32 Å². The summed E-state index contributed by atoms with van der Waals surface area (Å²) >= 11 is 17.9. The molecule has 0 aromatic heterocycles. The topological polar surface area (TPSA) is 46.2 Å². The summed E-state index contributed by atoms with van der Waals surface area (Å²) in [4.78, 5) is 0. The average molecular weight is 331 g/mol. The van der Waals surface area contributed by atoms with Gasteiger partial charge in [-0.15, -0.1) is 0 Å². The fraction of sp³-hybridized carbons (Fsp3) is 0.455. The van der Waals surface area contributed by atoms with Crippen molar-refractivity contribution in [2.75, 3.05) is 18.6 Å². The van der Waals surface area contributed by atoms with Crippen LogP contribution < -0.4 is 5.32 Å². The second-order valence-corrected chi connectivity index (χ2v) is 7.43. The molecule has 3 nitrogen and oxygen atoms in total. The van der Waals surface area contributed by atoms with Crippen LogP contribution in [0.1, 0.15) is 12.0 Å². The molecule has 1 N–H and O–H groups in total. The van der Waals surface area contributed by atoms with E-state index in [0.717, 1.165) is 5.56 Å². The van der Waals surface area contributed by atoms with Crippen molar-refractivity contribution in [3.63, 3.8) is 0 Å². The first-order chi connectivity index (χ1) is 8.31. The minimum atomic E-state index is -2.91.